The smallest absolute Gasteiger partial charge is 0.353 e. The van der Waals surface area contributed by atoms with Gasteiger partial charge < -0.3 is 15.0 Å². The van der Waals surface area contributed by atoms with Crippen LogP contribution in [0.3, 0.4) is 0 Å². The molecule has 2 aromatic carbocycles. The Hall–Kier alpha value is -4.89. The molecular weight excluding hydrogens is 646 g/mol. The largest absolute Gasteiger partial charge is 0.474 e. The van der Waals surface area contributed by atoms with E-state index in [1.807, 2.05) is 39.8 Å². The van der Waals surface area contributed by atoms with Crippen molar-refractivity contribution in [1.29, 1.82) is 0 Å². The van der Waals surface area contributed by atoms with Crippen LogP contribution in [0.1, 0.15) is 55.2 Å². The molecule has 0 saturated carbocycles. The van der Waals surface area contributed by atoms with Crippen LogP contribution in [0.25, 0.3) is 5.69 Å². The van der Waals surface area contributed by atoms with Gasteiger partial charge in [0.05, 0.1) is 17.6 Å². The van der Waals surface area contributed by atoms with Crippen LogP contribution in [-0.2, 0) is 19.8 Å². The Morgan fingerprint density at radius 2 is 1.65 bits per heavy atom. The topological polar surface area (TPSA) is 136 Å². The molecular formula is C33H36F2N6O6S. The number of aromatic nitrogens is 3. The molecule has 0 bridgehead atoms. The number of halogens is 2. The van der Waals surface area contributed by atoms with Crippen LogP contribution in [0.2, 0.25) is 0 Å². The molecule has 1 fully saturated rings. The number of likely N-dealkylation sites (tertiary alicyclic amines) is 1. The van der Waals surface area contributed by atoms with E-state index < -0.39 is 44.7 Å². The Kier molecular flexibility index (Phi) is 9.82. The lowest BCUT2D eigenvalue weighted by Gasteiger charge is -2.32. The second kappa shape index (κ2) is 13.7. The van der Waals surface area contributed by atoms with E-state index in [1.165, 1.54) is 34.0 Å². The first-order valence-corrected chi connectivity index (χ1v) is 16.9. The second-order valence-corrected chi connectivity index (χ2v) is 14.0. The Morgan fingerprint density at radius 3 is 2.25 bits per heavy atom. The summed E-state index contributed by atoms with van der Waals surface area (Å²) in [4.78, 5) is 32.0. The molecule has 1 aliphatic rings. The van der Waals surface area contributed by atoms with E-state index >= 15 is 0 Å². The normalized spacial score (nSPS) is 14.1. The molecule has 48 heavy (non-hydrogen) atoms. The molecule has 3 amide bonds. The van der Waals surface area contributed by atoms with Gasteiger partial charge in [0.1, 0.15) is 23.3 Å². The van der Waals surface area contributed by atoms with Crippen molar-refractivity contribution in [3.05, 3.63) is 95.3 Å². The van der Waals surface area contributed by atoms with Crippen LogP contribution in [0.4, 0.5) is 25.1 Å². The first-order chi connectivity index (χ1) is 22.6. The van der Waals surface area contributed by atoms with E-state index in [4.69, 9.17) is 9.02 Å². The number of nitrogens with one attached hydrogen (secondary N) is 1. The molecule has 4 aromatic rings. The van der Waals surface area contributed by atoms with Crippen LogP contribution in [-0.4, -0.2) is 65.5 Å². The molecule has 0 spiro atoms. The molecule has 1 N–H and O–H groups in total. The highest BCUT2D eigenvalue weighted by atomic mass is 32.2. The number of amides is 3. The maximum Gasteiger partial charge on any atom is 0.353 e. The van der Waals surface area contributed by atoms with Gasteiger partial charge >= 0.3 is 6.03 Å². The predicted molar refractivity (Wildman–Crippen MR) is 175 cm³/mol. The lowest BCUT2D eigenvalue weighted by atomic mass is 9.92. The lowest BCUT2D eigenvalue weighted by molar-refractivity contribution is 0.0579. The zero-order valence-electron chi connectivity index (χ0n) is 27.1. The number of nitrogens with zero attached hydrogens (tertiary/aromatic N) is 5. The van der Waals surface area contributed by atoms with Gasteiger partial charge in [-0.1, -0.05) is 44.5 Å². The number of carbonyl (C=O) groups excluding carboxylic acids is 2. The summed E-state index contributed by atoms with van der Waals surface area (Å²) in [7, 11) is -4.18. The van der Waals surface area contributed by atoms with Gasteiger partial charge in [-0.15, -0.1) is 9.35 Å². The summed E-state index contributed by atoms with van der Waals surface area (Å²) in [5.74, 6) is -2.36. The number of piperidine rings is 1. The number of hydrogen-bond acceptors (Lipinski definition) is 8. The summed E-state index contributed by atoms with van der Waals surface area (Å²) in [5, 5.41) is 7.94. The van der Waals surface area contributed by atoms with Crippen LogP contribution in [0.5, 0.6) is 5.88 Å². The number of carbonyl (C=O) groups is 2. The zero-order valence-corrected chi connectivity index (χ0v) is 27.9. The average Bonchev–Trinajstić information content (AvgIpc) is 3.46. The minimum Gasteiger partial charge on any atom is -0.474 e. The SMILES string of the molecule is Cc1ccc(-n2nc(C(C)(C)C)cc2N(OS(C)(=O)=O)C(=O)Nc2ccnc(OC3CCN(C(=O)c4c(F)cccc4F)CC3)c2)cc1. The van der Waals surface area contributed by atoms with Gasteiger partial charge in [0, 0.05) is 55.4 Å². The number of aryl methyl sites for hydroxylation is 1. The Morgan fingerprint density at radius 1 is 1.00 bits per heavy atom. The molecule has 0 unspecified atom stereocenters. The van der Waals surface area contributed by atoms with Crippen LogP contribution < -0.4 is 15.1 Å². The van der Waals surface area contributed by atoms with Gasteiger partial charge in [-0.2, -0.15) is 13.5 Å². The summed E-state index contributed by atoms with van der Waals surface area (Å²) >= 11 is 0. The number of rotatable bonds is 8. The third-order valence-corrected chi connectivity index (χ3v) is 7.94. The standard InChI is InChI=1S/C33H36F2N6O6S/c1-21-9-11-23(12-10-21)40-29(20-27(38-40)33(2,3)4)41(47-48(5,44)45)32(43)37-22-13-16-36-28(19-22)46-24-14-17-39(18-15-24)31(42)30-25(34)7-6-8-26(30)35/h6-13,16,19-20,24H,14-15,17-18H2,1-5H3,(H,36,37,43). The molecule has 2 aromatic heterocycles. The predicted octanol–water partition coefficient (Wildman–Crippen LogP) is 5.76. The molecule has 1 aliphatic heterocycles. The van der Waals surface area contributed by atoms with E-state index in [9.17, 15) is 26.8 Å². The molecule has 0 aliphatic carbocycles. The van der Waals surface area contributed by atoms with Crippen molar-refractivity contribution >= 4 is 33.6 Å². The van der Waals surface area contributed by atoms with E-state index in [2.05, 4.69) is 15.4 Å². The quantitative estimate of drug-likeness (QED) is 0.232. The van der Waals surface area contributed by atoms with E-state index in [0.29, 0.717) is 29.3 Å². The molecule has 12 nitrogen and oxygen atoms in total. The van der Waals surface area contributed by atoms with Crippen molar-refractivity contribution in [1.82, 2.24) is 19.7 Å². The zero-order chi connectivity index (χ0) is 34.8. The fraction of sp³-hybridized carbons (Fsp3) is 0.333. The number of hydroxylamine groups is 1. The number of pyridine rings is 1. The number of benzene rings is 2. The Bertz CT molecular complexity index is 1900. The monoisotopic (exact) mass is 682 g/mol. The Balaban J connectivity index is 1.32. The van der Waals surface area contributed by atoms with Gasteiger partial charge in [-0.05, 0) is 37.3 Å². The maximum absolute atomic E-state index is 14.1. The van der Waals surface area contributed by atoms with Crippen LogP contribution >= 0.6 is 0 Å². The van der Waals surface area contributed by atoms with Crippen molar-refractivity contribution < 1.29 is 35.8 Å². The average molecular weight is 683 g/mol. The third-order valence-electron chi connectivity index (χ3n) is 7.52. The van der Waals surface area contributed by atoms with Gasteiger partial charge in [0.25, 0.3) is 16.0 Å². The number of ether oxygens (including phenoxy) is 1. The van der Waals surface area contributed by atoms with Crippen molar-refractivity contribution in [2.75, 3.05) is 29.7 Å². The number of urea groups is 1. The number of anilines is 2. The third kappa shape index (κ3) is 8.15. The maximum atomic E-state index is 14.1. The molecule has 254 valence electrons. The molecule has 0 atom stereocenters. The molecule has 0 radical (unpaired) electrons. The summed E-state index contributed by atoms with van der Waals surface area (Å²) in [6, 6.07) is 14.2. The van der Waals surface area contributed by atoms with Gasteiger partial charge in [0.2, 0.25) is 5.88 Å². The minimum absolute atomic E-state index is 0.0498. The van der Waals surface area contributed by atoms with Gasteiger partial charge in [-0.3, -0.25) is 4.79 Å². The fourth-order valence-electron chi connectivity index (χ4n) is 5.00. The highest BCUT2D eigenvalue weighted by Gasteiger charge is 2.31. The molecule has 15 heteroatoms. The summed E-state index contributed by atoms with van der Waals surface area (Å²) in [6.07, 6.45) is 2.60. The van der Waals surface area contributed by atoms with E-state index in [1.54, 1.807) is 18.2 Å². The highest BCUT2D eigenvalue weighted by molar-refractivity contribution is 7.86. The van der Waals surface area contributed by atoms with Crippen molar-refractivity contribution in [2.45, 2.75) is 52.1 Å². The summed E-state index contributed by atoms with van der Waals surface area (Å²) < 4.78 is 65.6. The second-order valence-electron chi connectivity index (χ2n) is 12.5. The van der Waals surface area contributed by atoms with Gasteiger partial charge in [0.15, 0.2) is 5.82 Å². The molecule has 1 saturated heterocycles. The number of hydrogen-bond donors (Lipinski definition) is 1. The van der Waals surface area contributed by atoms with Crippen LogP contribution in [0.15, 0.2) is 66.9 Å². The van der Waals surface area contributed by atoms with Crippen molar-refractivity contribution in [3.8, 4) is 11.6 Å². The van der Waals surface area contributed by atoms with Gasteiger partial charge in [-0.25, -0.2) is 23.2 Å². The summed E-state index contributed by atoms with van der Waals surface area (Å²) in [5.41, 5.74) is 1.34. The lowest BCUT2D eigenvalue weighted by Crippen LogP contribution is -2.42. The van der Waals surface area contributed by atoms with Crippen LogP contribution in [0, 0.1) is 18.6 Å². The molecule has 3 heterocycles. The first-order valence-electron chi connectivity index (χ1n) is 15.1. The van der Waals surface area contributed by atoms with Crippen molar-refractivity contribution in [3.63, 3.8) is 0 Å². The Labute approximate surface area is 277 Å². The minimum atomic E-state index is -4.18. The summed E-state index contributed by atoms with van der Waals surface area (Å²) in [6.45, 7) is 8.14. The highest BCUT2D eigenvalue weighted by Crippen LogP contribution is 2.30. The van der Waals surface area contributed by atoms with E-state index in [0.717, 1.165) is 24.0 Å². The van der Waals surface area contributed by atoms with E-state index in [-0.39, 0.29) is 36.6 Å². The fourth-order valence-corrected chi connectivity index (χ4v) is 5.42. The van der Waals surface area contributed by atoms with Crippen molar-refractivity contribution in [2.24, 2.45) is 0 Å². The first kappa shape index (κ1) is 34.4. The molecule has 5 rings (SSSR count).